The van der Waals surface area contributed by atoms with E-state index in [0.29, 0.717) is 22.5 Å². The Bertz CT molecular complexity index is 839. The molecule has 0 unspecified atom stereocenters. The molecular weight excluding hydrogens is 306 g/mol. The predicted molar refractivity (Wildman–Crippen MR) is 79.8 cm³/mol. The monoisotopic (exact) mass is 317 g/mol. The Morgan fingerprint density at radius 2 is 2.14 bits per heavy atom. The number of hydrogen-bond acceptors (Lipinski definition) is 7. The fourth-order valence-corrected chi connectivity index (χ4v) is 2.39. The molecule has 0 fully saturated rings. The van der Waals surface area contributed by atoms with Crippen LogP contribution in [0.1, 0.15) is 16.3 Å². The van der Waals surface area contributed by atoms with Crippen molar-refractivity contribution in [3.8, 4) is 0 Å². The summed E-state index contributed by atoms with van der Waals surface area (Å²) in [4.78, 5) is 23.5. The minimum atomic E-state index is -0.684. The maximum absolute atomic E-state index is 11.9. The van der Waals surface area contributed by atoms with Gasteiger partial charge in [-0.3, -0.25) is 4.79 Å². The lowest BCUT2D eigenvalue weighted by atomic mass is 10.2. The third kappa shape index (κ3) is 2.96. The molecule has 0 atom stereocenters. The summed E-state index contributed by atoms with van der Waals surface area (Å²) in [7, 11) is 0. The number of ether oxygens (including phenoxy) is 1. The first-order valence-corrected chi connectivity index (χ1v) is 7.11. The van der Waals surface area contributed by atoms with Gasteiger partial charge in [0.25, 0.3) is 5.91 Å². The first-order valence-electron chi connectivity index (χ1n) is 6.38. The molecule has 2 aromatic heterocycles. The third-order valence-electron chi connectivity index (χ3n) is 2.84. The first-order chi connectivity index (χ1) is 10.6. The van der Waals surface area contributed by atoms with Crippen LogP contribution in [0, 0.1) is 6.92 Å². The molecule has 22 heavy (non-hydrogen) atoms. The minimum Gasteiger partial charge on any atom is -0.454 e. The molecule has 0 saturated carbocycles. The van der Waals surface area contributed by atoms with E-state index in [1.807, 2.05) is 0 Å². The van der Waals surface area contributed by atoms with E-state index in [2.05, 4.69) is 14.1 Å². The number of rotatable bonds is 4. The minimum absolute atomic E-state index is 0.0658. The smallest absolute Gasteiger partial charge is 0.374 e. The van der Waals surface area contributed by atoms with E-state index < -0.39 is 18.5 Å². The second-order valence-corrected chi connectivity index (χ2v) is 5.00. The largest absolute Gasteiger partial charge is 0.454 e. The summed E-state index contributed by atoms with van der Waals surface area (Å²) in [6.45, 7) is 1.30. The lowest BCUT2D eigenvalue weighted by Crippen LogP contribution is -2.20. The second-order valence-electron chi connectivity index (χ2n) is 4.47. The quantitative estimate of drug-likeness (QED) is 0.742. The molecule has 1 aromatic carbocycles. The van der Waals surface area contributed by atoms with Gasteiger partial charge in [-0.05, 0) is 31.2 Å². The van der Waals surface area contributed by atoms with Gasteiger partial charge in [0.05, 0.1) is 17.4 Å². The van der Waals surface area contributed by atoms with Gasteiger partial charge in [-0.1, -0.05) is 6.07 Å². The molecule has 0 bridgehead atoms. The van der Waals surface area contributed by atoms with Gasteiger partial charge in [-0.15, -0.1) is 0 Å². The number of carbonyl (C=O) groups is 2. The van der Waals surface area contributed by atoms with E-state index in [4.69, 9.17) is 9.15 Å². The number of anilines is 1. The highest BCUT2D eigenvalue weighted by Gasteiger charge is 2.14. The molecule has 0 spiro atoms. The molecule has 2 heterocycles. The molecule has 0 aliphatic rings. The van der Waals surface area contributed by atoms with Gasteiger partial charge in [-0.2, -0.15) is 8.75 Å². The lowest BCUT2D eigenvalue weighted by molar-refractivity contribution is -0.119. The van der Waals surface area contributed by atoms with Crippen molar-refractivity contribution in [1.82, 2.24) is 8.75 Å². The number of esters is 1. The van der Waals surface area contributed by atoms with Crippen molar-refractivity contribution in [3.05, 3.63) is 41.9 Å². The molecule has 0 radical (unpaired) electrons. The van der Waals surface area contributed by atoms with Gasteiger partial charge in [0.15, 0.2) is 6.61 Å². The zero-order chi connectivity index (χ0) is 15.5. The number of aromatic nitrogens is 2. The number of carbonyl (C=O) groups excluding carboxylic acids is 2. The molecule has 8 heteroatoms. The van der Waals surface area contributed by atoms with Crippen LogP contribution in [0.3, 0.4) is 0 Å². The fraction of sp³-hybridized carbons (Fsp3) is 0.143. The second kappa shape index (κ2) is 5.94. The Kier molecular flexibility index (Phi) is 3.84. The molecule has 0 aliphatic carbocycles. The van der Waals surface area contributed by atoms with Crippen LogP contribution >= 0.6 is 11.7 Å². The van der Waals surface area contributed by atoms with Gasteiger partial charge < -0.3 is 14.5 Å². The van der Waals surface area contributed by atoms with Crippen LogP contribution in [0.5, 0.6) is 0 Å². The molecule has 0 saturated heterocycles. The number of benzene rings is 1. The summed E-state index contributed by atoms with van der Waals surface area (Å²) >= 11 is 1.06. The van der Waals surface area contributed by atoms with Crippen molar-refractivity contribution in [3.63, 3.8) is 0 Å². The fourth-order valence-electron chi connectivity index (χ4n) is 1.84. The van der Waals surface area contributed by atoms with Gasteiger partial charge in [0.1, 0.15) is 16.8 Å². The molecule has 3 rings (SSSR count). The molecule has 112 valence electrons. The van der Waals surface area contributed by atoms with Crippen LogP contribution in [0.2, 0.25) is 0 Å². The normalized spacial score (nSPS) is 10.6. The van der Waals surface area contributed by atoms with Crippen LogP contribution in [-0.2, 0) is 9.53 Å². The Balaban J connectivity index is 1.61. The molecule has 1 N–H and O–H groups in total. The van der Waals surface area contributed by atoms with Gasteiger partial charge in [-0.25, -0.2) is 4.79 Å². The number of fused-ring (bicyclic) bond motifs is 1. The Morgan fingerprint density at radius 3 is 2.91 bits per heavy atom. The Morgan fingerprint density at radius 1 is 1.27 bits per heavy atom. The average Bonchev–Trinajstić information content (AvgIpc) is 3.14. The van der Waals surface area contributed by atoms with Crippen molar-refractivity contribution in [2.45, 2.75) is 6.92 Å². The molecular formula is C14H11N3O4S. The maximum Gasteiger partial charge on any atom is 0.374 e. The summed E-state index contributed by atoms with van der Waals surface area (Å²) in [6, 6.07) is 8.41. The topological polar surface area (TPSA) is 94.3 Å². The van der Waals surface area contributed by atoms with Crippen LogP contribution in [0.15, 0.2) is 34.7 Å². The summed E-state index contributed by atoms with van der Waals surface area (Å²) in [5.74, 6) is -0.482. The van der Waals surface area contributed by atoms with E-state index >= 15 is 0 Å². The molecule has 7 nitrogen and oxygen atoms in total. The number of amides is 1. The summed E-state index contributed by atoms with van der Waals surface area (Å²) < 4.78 is 18.2. The van der Waals surface area contributed by atoms with E-state index in [1.165, 1.54) is 6.07 Å². The summed E-state index contributed by atoms with van der Waals surface area (Å²) in [5.41, 5.74) is 1.83. The summed E-state index contributed by atoms with van der Waals surface area (Å²) in [6.07, 6.45) is 0. The van der Waals surface area contributed by atoms with Crippen LogP contribution < -0.4 is 5.32 Å². The van der Waals surface area contributed by atoms with Crippen LogP contribution in [-0.4, -0.2) is 27.2 Å². The van der Waals surface area contributed by atoms with Crippen molar-refractivity contribution in [2.75, 3.05) is 11.9 Å². The van der Waals surface area contributed by atoms with Crippen molar-refractivity contribution in [1.29, 1.82) is 0 Å². The molecule has 3 aromatic rings. The van der Waals surface area contributed by atoms with Crippen LogP contribution in [0.25, 0.3) is 11.0 Å². The number of nitrogens with one attached hydrogen (secondary N) is 1. The zero-order valence-electron chi connectivity index (χ0n) is 11.5. The number of hydrogen-bond donors (Lipinski definition) is 1. The molecule has 1 amide bonds. The standard InChI is InChI=1S/C14H11N3O4S/c1-8-5-6-11(21-8)14(19)20-7-12(18)15-9-3-2-4-10-13(9)17-22-16-10/h2-6H,7H2,1H3,(H,15,18). The third-order valence-corrected chi connectivity index (χ3v) is 3.38. The highest BCUT2D eigenvalue weighted by Crippen LogP contribution is 2.20. The van der Waals surface area contributed by atoms with Crippen molar-refractivity contribution >= 4 is 40.3 Å². The number of aryl methyl sites for hydroxylation is 1. The zero-order valence-corrected chi connectivity index (χ0v) is 12.3. The van der Waals surface area contributed by atoms with E-state index in [9.17, 15) is 9.59 Å². The maximum atomic E-state index is 11.9. The highest BCUT2D eigenvalue weighted by molar-refractivity contribution is 7.00. The predicted octanol–water partition coefficient (Wildman–Crippen LogP) is 2.39. The van der Waals surface area contributed by atoms with Gasteiger partial charge in [0, 0.05) is 0 Å². The highest BCUT2D eigenvalue weighted by atomic mass is 32.1. The first kappa shape index (κ1) is 14.2. The lowest BCUT2D eigenvalue weighted by Gasteiger charge is -2.06. The van der Waals surface area contributed by atoms with Crippen LogP contribution in [0.4, 0.5) is 5.69 Å². The molecule has 0 aliphatic heterocycles. The summed E-state index contributed by atoms with van der Waals surface area (Å²) in [5, 5.41) is 2.64. The average molecular weight is 317 g/mol. The van der Waals surface area contributed by atoms with E-state index in [0.717, 1.165) is 11.7 Å². The van der Waals surface area contributed by atoms with Gasteiger partial charge >= 0.3 is 5.97 Å². The van der Waals surface area contributed by atoms with Crippen molar-refractivity contribution < 1.29 is 18.7 Å². The SMILES string of the molecule is Cc1ccc(C(=O)OCC(=O)Nc2cccc3nsnc23)o1. The van der Waals surface area contributed by atoms with E-state index in [1.54, 1.807) is 31.2 Å². The Hall–Kier alpha value is -2.74. The number of nitrogens with zero attached hydrogens (tertiary/aromatic N) is 2. The van der Waals surface area contributed by atoms with Crippen molar-refractivity contribution in [2.24, 2.45) is 0 Å². The van der Waals surface area contributed by atoms with E-state index in [-0.39, 0.29) is 5.76 Å². The number of furan rings is 1. The Labute approximate surface area is 129 Å². The van der Waals surface area contributed by atoms with Gasteiger partial charge in [0.2, 0.25) is 5.76 Å².